The molecule has 0 saturated carbocycles. The number of carbonyl (C=O) groups excluding carboxylic acids is 2. The van der Waals surface area contributed by atoms with E-state index in [1.165, 1.54) is 10.5 Å². The Balaban J connectivity index is 1.54. The standard InChI is InChI=1S/C20H21N3O3/c1-15(11-12-16-7-3-2-4-8-16)21-22-19(24)13-23-17-9-5-6-10-18(17)26-14-20(23)25/h2-10H,11-14H2,1H3,(H,22,24)/b21-15-. The molecule has 0 aromatic heterocycles. The molecule has 1 heterocycles. The van der Waals surface area contributed by atoms with E-state index in [9.17, 15) is 9.59 Å². The average Bonchev–Trinajstić information content (AvgIpc) is 2.68. The number of rotatable bonds is 6. The quantitative estimate of drug-likeness (QED) is 0.642. The van der Waals surface area contributed by atoms with Crippen molar-refractivity contribution in [1.82, 2.24) is 5.43 Å². The van der Waals surface area contributed by atoms with Crippen molar-refractivity contribution in [3.05, 3.63) is 60.2 Å². The Morgan fingerprint density at radius 2 is 1.88 bits per heavy atom. The molecule has 3 rings (SSSR count). The first-order valence-electron chi connectivity index (χ1n) is 8.51. The summed E-state index contributed by atoms with van der Waals surface area (Å²) in [7, 11) is 0. The van der Waals surface area contributed by atoms with E-state index in [2.05, 4.69) is 22.7 Å². The van der Waals surface area contributed by atoms with Gasteiger partial charge in [0.05, 0.1) is 5.69 Å². The van der Waals surface area contributed by atoms with Crippen LogP contribution in [0.4, 0.5) is 5.69 Å². The molecular formula is C20H21N3O3. The van der Waals surface area contributed by atoms with Crippen molar-refractivity contribution < 1.29 is 14.3 Å². The highest BCUT2D eigenvalue weighted by atomic mass is 16.5. The number of nitrogens with zero attached hydrogens (tertiary/aromatic N) is 2. The third kappa shape index (κ3) is 4.47. The van der Waals surface area contributed by atoms with Crippen LogP contribution in [0.1, 0.15) is 18.9 Å². The number of ether oxygens (including phenoxy) is 1. The van der Waals surface area contributed by atoms with Gasteiger partial charge in [0, 0.05) is 5.71 Å². The predicted molar refractivity (Wildman–Crippen MR) is 100 cm³/mol. The van der Waals surface area contributed by atoms with Gasteiger partial charge in [-0.25, -0.2) is 5.43 Å². The molecular weight excluding hydrogens is 330 g/mol. The Morgan fingerprint density at radius 1 is 1.15 bits per heavy atom. The molecule has 0 unspecified atom stereocenters. The molecule has 6 nitrogen and oxygen atoms in total. The number of aryl methyl sites for hydroxylation is 1. The normalized spacial score (nSPS) is 13.8. The van der Waals surface area contributed by atoms with Gasteiger partial charge in [0.25, 0.3) is 11.8 Å². The third-order valence-electron chi connectivity index (χ3n) is 4.10. The van der Waals surface area contributed by atoms with E-state index in [4.69, 9.17) is 4.74 Å². The second-order valence-corrected chi connectivity index (χ2v) is 6.10. The zero-order chi connectivity index (χ0) is 18.4. The van der Waals surface area contributed by atoms with Crippen LogP contribution in [0.25, 0.3) is 0 Å². The number of benzene rings is 2. The number of carbonyl (C=O) groups is 2. The van der Waals surface area contributed by atoms with Crippen molar-refractivity contribution in [2.24, 2.45) is 5.10 Å². The smallest absolute Gasteiger partial charge is 0.265 e. The molecule has 1 N–H and O–H groups in total. The Morgan fingerprint density at radius 3 is 2.69 bits per heavy atom. The molecule has 2 amide bonds. The van der Waals surface area contributed by atoms with Crippen molar-refractivity contribution >= 4 is 23.2 Å². The van der Waals surface area contributed by atoms with E-state index in [1.54, 1.807) is 18.2 Å². The summed E-state index contributed by atoms with van der Waals surface area (Å²) in [5.74, 6) is 0.0141. The largest absolute Gasteiger partial charge is 0.482 e. The third-order valence-corrected chi connectivity index (χ3v) is 4.10. The summed E-state index contributed by atoms with van der Waals surface area (Å²) in [6.45, 7) is 1.72. The number of hydrogen-bond acceptors (Lipinski definition) is 4. The summed E-state index contributed by atoms with van der Waals surface area (Å²) in [6.07, 6.45) is 1.62. The fourth-order valence-corrected chi connectivity index (χ4v) is 2.69. The first-order chi connectivity index (χ1) is 12.6. The molecule has 0 fully saturated rings. The lowest BCUT2D eigenvalue weighted by Crippen LogP contribution is -2.44. The lowest BCUT2D eigenvalue weighted by atomic mass is 10.1. The SMILES string of the molecule is C/C(CCc1ccccc1)=N/NC(=O)CN1C(=O)COc2ccccc21. The molecule has 134 valence electrons. The lowest BCUT2D eigenvalue weighted by Gasteiger charge is -2.28. The van der Waals surface area contributed by atoms with Crippen molar-refractivity contribution in [2.45, 2.75) is 19.8 Å². The Kier molecular flexibility index (Phi) is 5.63. The molecule has 0 bridgehead atoms. The van der Waals surface area contributed by atoms with Crippen molar-refractivity contribution in [2.75, 3.05) is 18.1 Å². The maximum Gasteiger partial charge on any atom is 0.265 e. The summed E-state index contributed by atoms with van der Waals surface area (Å²) in [5, 5.41) is 4.13. The molecule has 0 atom stereocenters. The van der Waals surface area contributed by atoms with Gasteiger partial charge in [0.1, 0.15) is 12.3 Å². The van der Waals surface area contributed by atoms with Crippen molar-refractivity contribution in [3.63, 3.8) is 0 Å². The fourth-order valence-electron chi connectivity index (χ4n) is 2.69. The summed E-state index contributed by atoms with van der Waals surface area (Å²) < 4.78 is 5.37. The van der Waals surface area contributed by atoms with Gasteiger partial charge in [-0.2, -0.15) is 5.10 Å². The average molecular weight is 351 g/mol. The number of amides is 2. The minimum atomic E-state index is -0.339. The number of nitrogens with one attached hydrogen (secondary N) is 1. The van der Waals surface area contributed by atoms with Crippen molar-refractivity contribution in [1.29, 1.82) is 0 Å². The maximum atomic E-state index is 12.2. The number of fused-ring (bicyclic) bond motifs is 1. The van der Waals surface area contributed by atoms with Crippen LogP contribution in [0.15, 0.2) is 59.7 Å². The molecule has 0 spiro atoms. The van der Waals surface area contributed by atoms with E-state index in [0.717, 1.165) is 18.6 Å². The van der Waals surface area contributed by atoms with E-state index in [-0.39, 0.29) is 25.0 Å². The van der Waals surface area contributed by atoms with E-state index in [1.807, 2.05) is 31.2 Å². The van der Waals surface area contributed by atoms with Crippen LogP contribution in [-0.4, -0.2) is 30.7 Å². The van der Waals surface area contributed by atoms with Gasteiger partial charge in [-0.05, 0) is 37.5 Å². The van der Waals surface area contributed by atoms with Gasteiger partial charge < -0.3 is 4.74 Å². The van der Waals surface area contributed by atoms with Gasteiger partial charge in [-0.15, -0.1) is 0 Å². The fraction of sp³-hybridized carbons (Fsp3) is 0.250. The highest BCUT2D eigenvalue weighted by molar-refractivity contribution is 6.02. The summed E-state index contributed by atoms with van der Waals surface area (Å²) >= 11 is 0. The van der Waals surface area contributed by atoms with Gasteiger partial charge in [0.2, 0.25) is 0 Å². The van der Waals surface area contributed by atoms with Crippen LogP contribution in [0.2, 0.25) is 0 Å². The van der Waals surface area contributed by atoms with Gasteiger partial charge >= 0.3 is 0 Å². The van der Waals surface area contributed by atoms with E-state index < -0.39 is 0 Å². The van der Waals surface area contributed by atoms with Gasteiger partial charge in [0.15, 0.2) is 6.61 Å². The minimum Gasteiger partial charge on any atom is -0.482 e. The molecule has 6 heteroatoms. The van der Waals surface area contributed by atoms with E-state index >= 15 is 0 Å². The molecule has 2 aromatic carbocycles. The number of hydrazone groups is 1. The predicted octanol–water partition coefficient (Wildman–Crippen LogP) is 2.54. The van der Waals surface area contributed by atoms with Crippen LogP contribution < -0.4 is 15.1 Å². The molecule has 0 aliphatic carbocycles. The molecule has 26 heavy (non-hydrogen) atoms. The Bertz CT molecular complexity index is 818. The highest BCUT2D eigenvalue weighted by Gasteiger charge is 2.26. The molecule has 2 aromatic rings. The molecule has 0 saturated heterocycles. The topological polar surface area (TPSA) is 71.0 Å². The monoisotopic (exact) mass is 351 g/mol. The summed E-state index contributed by atoms with van der Waals surface area (Å²) in [4.78, 5) is 25.7. The Hall–Kier alpha value is -3.15. The number of para-hydroxylation sites is 2. The highest BCUT2D eigenvalue weighted by Crippen LogP contribution is 2.31. The number of hydrogen-bond donors (Lipinski definition) is 1. The molecule has 1 aliphatic heterocycles. The summed E-state index contributed by atoms with van der Waals surface area (Å²) in [6, 6.07) is 17.3. The van der Waals surface area contributed by atoms with Crippen LogP contribution in [0, 0.1) is 0 Å². The van der Waals surface area contributed by atoms with Crippen LogP contribution in [0.5, 0.6) is 5.75 Å². The van der Waals surface area contributed by atoms with Crippen LogP contribution >= 0.6 is 0 Å². The van der Waals surface area contributed by atoms with Gasteiger partial charge in [-0.1, -0.05) is 42.5 Å². The second kappa shape index (κ2) is 8.29. The Labute approximate surface area is 152 Å². The lowest BCUT2D eigenvalue weighted by molar-refractivity contribution is -0.125. The van der Waals surface area contributed by atoms with Crippen molar-refractivity contribution in [3.8, 4) is 5.75 Å². The molecule has 0 radical (unpaired) electrons. The zero-order valence-electron chi connectivity index (χ0n) is 14.6. The minimum absolute atomic E-state index is 0.0658. The van der Waals surface area contributed by atoms with Crippen LogP contribution in [0.3, 0.4) is 0 Å². The number of anilines is 1. The molecule has 1 aliphatic rings. The first-order valence-corrected chi connectivity index (χ1v) is 8.51. The van der Waals surface area contributed by atoms with Crippen LogP contribution in [-0.2, 0) is 16.0 Å². The first kappa shape index (κ1) is 17.7. The zero-order valence-corrected chi connectivity index (χ0v) is 14.6. The van der Waals surface area contributed by atoms with E-state index in [0.29, 0.717) is 11.4 Å². The maximum absolute atomic E-state index is 12.2. The summed E-state index contributed by atoms with van der Waals surface area (Å²) in [5.41, 5.74) is 5.19. The van der Waals surface area contributed by atoms with Gasteiger partial charge in [-0.3, -0.25) is 14.5 Å². The second-order valence-electron chi connectivity index (χ2n) is 6.10.